The number of ether oxygens (including phenoxy) is 1. The Bertz CT molecular complexity index is 1740. The van der Waals surface area contributed by atoms with Crippen molar-refractivity contribution in [1.29, 1.82) is 0 Å². The predicted octanol–water partition coefficient (Wildman–Crippen LogP) is 5.38. The fourth-order valence-electron chi connectivity index (χ4n) is 5.11. The van der Waals surface area contributed by atoms with Crippen LogP contribution in [0.1, 0.15) is 6.92 Å². The van der Waals surface area contributed by atoms with Gasteiger partial charge < -0.3 is 10.1 Å². The Kier molecular flexibility index (Phi) is 5.96. The van der Waals surface area contributed by atoms with E-state index >= 15 is 0 Å². The lowest BCUT2D eigenvalue weighted by molar-refractivity contribution is 0.0368. The second-order valence-electron chi connectivity index (χ2n) is 9.69. The second-order valence-corrected chi connectivity index (χ2v) is 10.7. The number of aromatic nitrogens is 5. The fraction of sp³-hybridized carbons (Fsp3) is 0.241. The Hall–Kier alpha value is -3.92. The van der Waals surface area contributed by atoms with Crippen molar-refractivity contribution in [2.75, 3.05) is 38.2 Å². The molecule has 7 rings (SSSR count). The third kappa shape index (κ3) is 4.38. The largest absolute Gasteiger partial charge is 0.379 e. The average molecular weight is 522 g/mol. The van der Waals surface area contributed by atoms with Gasteiger partial charge in [0.25, 0.3) is 0 Å². The molecule has 1 aliphatic heterocycles. The summed E-state index contributed by atoms with van der Waals surface area (Å²) in [6.07, 6.45) is 5.54. The van der Waals surface area contributed by atoms with Gasteiger partial charge in [-0.2, -0.15) is 0 Å². The molecular weight excluding hydrogens is 494 g/mol. The number of nitrogens with zero attached hydrogens (tertiary/aromatic N) is 6. The van der Waals surface area contributed by atoms with Crippen LogP contribution in [0, 0.1) is 0 Å². The first-order valence-electron chi connectivity index (χ1n) is 12.9. The minimum Gasteiger partial charge on any atom is -0.379 e. The first kappa shape index (κ1) is 23.2. The van der Waals surface area contributed by atoms with E-state index in [9.17, 15) is 0 Å². The summed E-state index contributed by atoms with van der Waals surface area (Å²) >= 11 is 1.69. The third-order valence-electron chi connectivity index (χ3n) is 6.99. The van der Waals surface area contributed by atoms with Gasteiger partial charge in [-0.15, -0.1) is 0 Å². The van der Waals surface area contributed by atoms with E-state index in [0.717, 1.165) is 87.1 Å². The molecule has 1 saturated heterocycles. The van der Waals surface area contributed by atoms with Crippen molar-refractivity contribution < 1.29 is 4.74 Å². The molecule has 1 atom stereocenters. The monoisotopic (exact) mass is 521 g/mol. The lowest BCUT2D eigenvalue weighted by atomic mass is 10.1. The van der Waals surface area contributed by atoms with Crippen LogP contribution in [0.15, 0.2) is 73.3 Å². The molecule has 0 spiro atoms. The van der Waals surface area contributed by atoms with Crippen LogP contribution in [0.25, 0.3) is 49.1 Å². The third-order valence-corrected chi connectivity index (χ3v) is 7.93. The first-order valence-corrected chi connectivity index (χ1v) is 13.7. The number of imidazole rings is 1. The molecule has 4 aromatic heterocycles. The van der Waals surface area contributed by atoms with E-state index < -0.39 is 0 Å². The summed E-state index contributed by atoms with van der Waals surface area (Å²) in [4.78, 5) is 21.2. The van der Waals surface area contributed by atoms with Gasteiger partial charge in [-0.05, 0) is 31.2 Å². The van der Waals surface area contributed by atoms with Crippen molar-refractivity contribution in [3.8, 4) is 16.9 Å². The van der Waals surface area contributed by atoms with Gasteiger partial charge in [-0.25, -0.2) is 9.97 Å². The van der Waals surface area contributed by atoms with Crippen molar-refractivity contribution in [2.24, 2.45) is 0 Å². The van der Waals surface area contributed by atoms with E-state index in [1.54, 1.807) is 11.3 Å². The Labute approximate surface area is 224 Å². The van der Waals surface area contributed by atoms with Gasteiger partial charge >= 0.3 is 0 Å². The molecule has 0 aliphatic carbocycles. The molecule has 38 heavy (non-hydrogen) atoms. The second kappa shape index (κ2) is 9.75. The summed E-state index contributed by atoms with van der Waals surface area (Å²) in [6, 6.07) is 19.0. The van der Waals surface area contributed by atoms with Crippen LogP contribution in [-0.2, 0) is 4.74 Å². The molecule has 0 saturated carbocycles. The Morgan fingerprint density at radius 3 is 2.66 bits per heavy atom. The average Bonchev–Trinajstić information content (AvgIpc) is 3.57. The number of thiazole rings is 1. The molecular formula is C29H27N7OS. The molecule has 9 heteroatoms. The van der Waals surface area contributed by atoms with E-state index in [-0.39, 0.29) is 0 Å². The number of pyridine rings is 2. The van der Waals surface area contributed by atoms with Crippen LogP contribution in [0.2, 0.25) is 0 Å². The molecule has 0 bridgehead atoms. The van der Waals surface area contributed by atoms with Gasteiger partial charge in [-0.1, -0.05) is 41.7 Å². The smallest absolute Gasteiger partial charge is 0.184 e. The number of nitrogens with one attached hydrogen (secondary N) is 1. The molecule has 2 aromatic carbocycles. The van der Waals surface area contributed by atoms with Crippen molar-refractivity contribution in [1.82, 2.24) is 29.4 Å². The van der Waals surface area contributed by atoms with E-state index in [1.807, 2.05) is 36.9 Å². The minimum absolute atomic E-state index is 0.303. The van der Waals surface area contributed by atoms with Gasteiger partial charge in [-0.3, -0.25) is 19.4 Å². The quantitative estimate of drug-likeness (QED) is 0.315. The standard InChI is InChI=1S/C29H27N7OS/c1-19(17-35-9-11-37-12-10-35)33-29-34-23-8-7-21(13-27(23)38-29)36-18-32-26-16-31-25-15-30-24(14-22(25)28(26)36)20-5-3-2-4-6-20/h2-8,13-16,18-19H,9-12,17H2,1H3,(H,33,34). The molecule has 1 aliphatic rings. The number of fused-ring (bicyclic) bond motifs is 4. The maximum atomic E-state index is 5.47. The van der Waals surface area contributed by atoms with E-state index in [1.165, 1.54) is 0 Å². The van der Waals surface area contributed by atoms with Gasteiger partial charge in [0, 0.05) is 42.3 Å². The SMILES string of the molecule is CC(CN1CCOCC1)Nc1nc2ccc(-n3cnc4cnc5cnc(-c6ccccc6)cc5c43)cc2s1. The topological polar surface area (TPSA) is 81.0 Å². The van der Waals surface area contributed by atoms with Crippen molar-refractivity contribution in [3.05, 3.63) is 73.3 Å². The van der Waals surface area contributed by atoms with Crippen molar-refractivity contribution in [3.63, 3.8) is 0 Å². The van der Waals surface area contributed by atoms with E-state index in [4.69, 9.17) is 9.72 Å². The molecule has 6 aromatic rings. The minimum atomic E-state index is 0.303. The highest BCUT2D eigenvalue weighted by atomic mass is 32.1. The van der Waals surface area contributed by atoms with Gasteiger partial charge in [0.05, 0.1) is 52.6 Å². The molecule has 0 radical (unpaired) electrons. The summed E-state index contributed by atoms with van der Waals surface area (Å²) < 4.78 is 8.75. The number of morpholine rings is 1. The zero-order valence-corrected chi connectivity index (χ0v) is 21.9. The number of rotatable bonds is 6. The zero-order chi connectivity index (χ0) is 25.5. The number of benzene rings is 2. The Morgan fingerprint density at radius 1 is 0.947 bits per heavy atom. The van der Waals surface area contributed by atoms with E-state index in [0.29, 0.717) is 6.04 Å². The predicted molar refractivity (Wildman–Crippen MR) is 153 cm³/mol. The van der Waals surface area contributed by atoms with Crippen molar-refractivity contribution >= 4 is 48.6 Å². The normalized spacial score (nSPS) is 15.4. The lowest BCUT2D eigenvalue weighted by Gasteiger charge is -2.29. The van der Waals surface area contributed by atoms with Gasteiger partial charge in [0.1, 0.15) is 11.8 Å². The van der Waals surface area contributed by atoms with Crippen LogP contribution >= 0.6 is 11.3 Å². The zero-order valence-electron chi connectivity index (χ0n) is 21.0. The summed E-state index contributed by atoms with van der Waals surface area (Å²) in [5.41, 5.74) is 6.75. The summed E-state index contributed by atoms with van der Waals surface area (Å²) in [7, 11) is 0. The summed E-state index contributed by atoms with van der Waals surface area (Å²) in [6.45, 7) is 6.79. The maximum Gasteiger partial charge on any atom is 0.184 e. The van der Waals surface area contributed by atoms with Crippen LogP contribution in [0.3, 0.4) is 0 Å². The molecule has 1 fully saturated rings. The van der Waals surface area contributed by atoms with Gasteiger partial charge in [0.15, 0.2) is 5.13 Å². The summed E-state index contributed by atoms with van der Waals surface area (Å²) in [5, 5.41) is 5.57. The van der Waals surface area contributed by atoms with Crippen molar-refractivity contribution in [2.45, 2.75) is 13.0 Å². The highest BCUT2D eigenvalue weighted by Crippen LogP contribution is 2.32. The van der Waals surface area contributed by atoms with E-state index in [2.05, 4.69) is 73.1 Å². The Morgan fingerprint density at radius 2 is 1.79 bits per heavy atom. The van der Waals surface area contributed by atoms with Crippen LogP contribution < -0.4 is 5.32 Å². The molecule has 190 valence electrons. The van der Waals surface area contributed by atoms with Crippen LogP contribution in [-0.4, -0.2) is 68.3 Å². The highest BCUT2D eigenvalue weighted by Gasteiger charge is 2.16. The number of anilines is 1. The van der Waals surface area contributed by atoms with Gasteiger partial charge in [0.2, 0.25) is 0 Å². The molecule has 5 heterocycles. The molecule has 0 amide bonds. The molecule has 1 N–H and O–H groups in total. The van der Waals surface area contributed by atoms with Crippen LogP contribution in [0.4, 0.5) is 5.13 Å². The lowest BCUT2D eigenvalue weighted by Crippen LogP contribution is -2.42. The number of hydrogen-bond donors (Lipinski definition) is 1. The molecule has 8 nitrogen and oxygen atoms in total. The summed E-state index contributed by atoms with van der Waals surface area (Å²) in [5.74, 6) is 0. The highest BCUT2D eigenvalue weighted by molar-refractivity contribution is 7.22. The Balaban J connectivity index is 1.23. The fourth-order valence-corrected chi connectivity index (χ4v) is 6.12. The van der Waals surface area contributed by atoms with Crippen LogP contribution in [0.5, 0.6) is 0 Å². The molecule has 1 unspecified atom stereocenters. The first-order chi connectivity index (χ1) is 18.7. The maximum absolute atomic E-state index is 5.47. The number of hydrogen-bond acceptors (Lipinski definition) is 8.